The van der Waals surface area contributed by atoms with E-state index in [0.717, 1.165) is 27.4 Å². The van der Waals surface area contributed by atoms with E-state index in [2.05, 4.69) is 47.2 Å². The Balaban J connectivity index is 1.20. The first-order valence-corrected chi connectivity index (χ1v) is 27.5. The van der Waals surface area contributed by atoms with Gasteiger partial charge in [-0.2, -0.15) is 11.8 Å². The molecule has 14 N–H and O–H groups in total. The molecular weight excluding hydrogens is 1040 g/mol. The number of aromatic nitrogens is 2. The van der Waals surface area contributed by atoms with Crippen molar-refractivity contribution in [1.29, 1.82) is 0 Å². The molecule has 5 aromatic carbocycles. The summed E-state index contributed by atoms with van der Waals surface area (Å²) in [6.45, 7) is 1.06. The molecule has 8 amide bonds. The zero-order chi connectivity index (χ0) is 57.1. The summed E-state index contributed by atoms with van der Waals surface area (Å²) >= 11 is 1.46. The maximum Gasteiger partial charge on any atom is 0.243 e. The molecular formula is C59H67N11O9S. The van der Waals surface area contributed by atoms with Crippen molar-refractivity contribution in [3.63, 3.8) is 0 Å². The fourth-order valence-corrected chi connectivity index (χ4v) is 9.66. The zero-order valence-corrected chi connectivity index (χ0v) is 45.1. The fourth-order valence-electron chi connectivity index (χ4n) is 9.19. The van der Waals surface area contributed by atoms with E-state index in [4.69, 9.17) is 11.5 Å². The number of aromatic amines is 2. The third kappa shape index (κ3) is 16.5. The molecule has 0 bridgehead atoms. The lowest BCUT2D eigenvalue weighted by Crippen LogP contribution is -2.61. The van der Waals surface area contributed by atoms with Crippen LogP contribution in [0.1, 0.15) is 41.2 Å². The molecule has 7 aromatic rings. The Bertz CT molecular complexity index is 3260. The van der Waals surface area contributed by atoms with Crippen LogP contribution in [0.25, 0.3) is 21.8 Å². The molecule has 0 radical (unpaired) electrons. The SMILES string of the molecule is CSCC[C@H](NC(=O)CN)C(=O)N[C@@H](C)C(=O)N[C@@H](Cc1ccc(O)cc1)C(=O)N[C@H](Cc1c[nH]c2ccccc12)C(=O)N[C@H](Cc1c[nH]c2ccccc12)C(=O)N[C@@H](Cc1ccccc1)C(=O)N[C@@H](Cc1ccccc1)C(N)=O. The third-order valence-electron chi connectivity index (χ3n) is 13.5. The van der Waals surface area contributed by atoms with Crippen LogP contribution in [-0.2, 0) is 70.5 Å². The number of amides is 8. The minimum Gasteiger partial charge on any atom is -0.508 e. The topological polar surface area (TPSA) is 325 Å². The summed E-state index contributed by atoms with van der Waals surface area (Å²) in [5.74, 6) is -5.35. The number of nitrogens with one attached hydrogen (secondary N) is 9. The Morgan fingerprint density at radius 3 is 1.31 bits per heavy atom. The second-order valence-corrected chi connectivity index (χ2v) is 20.4. The lowest BCUT2D eigenvalue weighted by molar-refractivity contribution is -0.135. The standard InChI is InChI=1S/C59H67N11O9S/c1-35(64-55(75)46(25-26-80-2)65-52(72)32-60)54(74)67-48(29-38-21-23-41(71)24-22-38)57(77)69-51(31-40-34-63-45-20-12-10-18-43(40)45)59(79)70-50(30-39-33-62-44-19-11-9-17-42(39)44)58(78)68-49(28-37-15-7-4-8-16-37)56(76)66-47(53(61)73)27-36-13-5-3-6-14-36/h3-24,33-35,46-51,62-63,71H,25-32,60H2,1-2H3,(H2,61,73)(H,64,75)(H,65,72)(H,66,76)(H,67,74)(H,68,78)(H,69,77)(H,70,79)/t35-,46-,47-,48-,49-,50+,51+/m0/s1. The van der Waals surface area contributed by atoms with Crippen molar-refractivity contribution in [2.75, 3.05) is 18.6 Å². The van der Waals surface area contributed by atoms with Crippen LogP contribution in [0.3, 0.4) is 0 Å². The predicted molar refractivity (Wildman–Crippen MR) is 307 cm³/mol. The van der Waals surface area contributed by atoms with Gasteiger partial charge in [-0.25, -0.2) is 0 Å². The molecule has 0 fully saturated rings. The van der Waals surface area contributed by atoms with Crippen molar-refractivity contribution >= 4 is 80.8 Å². The van der Waals surface area contributed by atoms with Crippen molar-refractivity contribution in [1.82, 2.24) is 47.2 Å². The second kappa shape index (κ2) is 28.6. The van der Waals surface area contributed by atoms with E-state index in [0.29, 0.717) is 28.0 Å². The van der Waals surface area contributed by atoms with E-state index in [1.54, 1.807) is 79.1 Å². The van der Waals surface area contributed by atoms with Gasteiger partial charge in [0.1, 0.15) is 48.0 Å². The van der Waals surface area contributed by atoms with Crippen LogP contribution in [-0.4, -0.2) is 123 Å². The van der Waals surface area contributed by atoms with Crippen LogP contribution in [0.4, 0.5) is 0 Å². The number of nitrogens with two attached hydrogens (primary N) is 2. The first-order chi connectivity index (χ1) is 38.6. The maximum absolute atomic E-state index is 15.2. The molecule has 0 aliphatic heterocycles. The highest BCUT2D eigenvalue weighted by Gasteiger charge is 2.35. The lowest BCUT2D eigenvalue weighted by Gasteiger charge is -2.28. The van der Waals surface area contributed by atoms with Gasteiger partial charge in [-0.15, -0.1) is 0 Å². The monoisotopic (exact) mass is 1110 g/mol. The Hall–Kier alpha value is -8.95. The lowest BCUT2D eigenvalue weighted by atomic mass is 9.99. The number of primary amides is 1. The normalized spacial score (nSPS) is 13.8. The number of aromatic hydroxyl groups is 1. The molecule has 2 aromatic heterocycles. The summed E-state index contributed by atoms with van der Waals surface area (Å²) < 4.78 is 0. The smallest absolute Gasteiger partial charge is 0.243 e. The number of carbonyl (C=O) groups excluding carboxylic acids is 8. The molecule has 20 nitrogen and oxygen atoms in total. The number of thioether (sulfide) groups is 1. The van der Waals surface area contributed by atoms with Gasteiger partial charge < -0.3 is 63.8 Å². The van der Waals surface area contributed by atoms with E-state index in [-0.39, 0.29) is 50.8 Å². The Labute approximate surface area is 466 Å². The second-order valence-electron chi connectivity index (χ2n) is 19.4. The molecule has 0 aliphatic rings. The molecule has 418 valence electrons. The highest BCUT2D eigenvalue weighted by Crippen LogP contribution is 2.22. The molecule has 21 heteroatoms. The van der Waals surface area contributed by atoms with Crippen LogP contribution in [0.2, 0.25) is 0 Å². The third-order valence-corrected chi connectivity index (χ3v) is 14.2. The van der Waals surface area contributed by atoms with Gasteiger partial charge in [-0.3, -0.25) is 38.4 Å². The number of H-pyrrole nitrogens is 2. The van der Waals surface area contributed by atoms with Crippen molar-refractivity contribution in [3.05, 3.63) is 174 Å². The van der Waals surface area contributed by atoms with Crippen molar-refractivity contribution in [3.8, 4) is 5.75 Å². The molecule has 7 rings (SSSR count). The van der Waals surface area contributed by atoms with Crippen molar-refractivity contribution in [2.24, 2.45) is 11.5 Å². The minimum absolute atomic E-state index is 0.0118. The molecule has 80 heavy (non-hydrogen) atoms. The fraction of sp³-hybridized carbons (Fsp3) is 0.288. The molecule has 0 aliphatic carbocycles. The number of benzene rings is 5. The highest BCUT2D eigenvalue weighted by molar-refractivity contribution is 7.98. The van der Waals surface area contributed by atoms with Gasteiger partial charge in [0, 0.05) is 66.3 Å². The maximum atomic E-state index is 15.2. The van der Waals surface area contributed by atoms with Gasteiger partial charge in [-0.1, -0.05) is 109 Å². The van der Waals surface area contributed by atoms with Gasteiger partial charge in [0.2, 0.25) is 47.3 Å². The summed E-state index contributed by atoms with van der Waals surface area (Å²) in [6, 6.07) is 29.8. The average molecular weight is 1110 g/mol. The number of fused-ring (bicyclic) bond motifs is 2. The number of phenolic OH excluding ortho intramolecular Hbond substituents is 1. The zero-order valence-electron chi connectivity index (χ0n) is 44.3. The van der Waals surface area contributed by atoms with E-state index < -0.39 is 89.6 Å². The first-order valence-electron chi connectivity index (χ1n) is 26.1. The molecule has 0 saturated carbocycles. The molecule has 0 spiro atoms. The van der Waals surface area contributed by atoms with Crippen molar-refractivity contribution < 1.29 is 43.5 Å². The van der Waals surface area contributed by atoms with E-state index in [1.807, 2.05) is 60.9 Å². The van der Waals surface area contributed by atoms with Crippen LogP contribution in [0.5, 0.6) is 5.75 Å². The summed E-state index contributed by atoms with van der Waals surface area (Å²) in [6.07, 6.45) is 5.25. The summed E-state index contributed by atoms with van der Waals surface area (Å²) in [7, 11) is 0. The number of rotatable bonds is 28. The predicted octanol–water partition coefficient (Wildman–Crippen LogP) is 2.48. The van der Waals surface area contributed by atoms with Gasteiger partial charge in [0.05, 0.1) is 6.54 Å². The first kappa shape index (κ1) is 58.7. The summed E-state index contributed by atoms with van der Waals surface area (Å²) in [5.41, 5.74) is 16.1. The Kier molecular flexibility index (Phi) is 21.0. The largest absolute Gasteiger partial charge is 0.508 e. The van der Waals surface area contributed by atoms with Gasteiger partial charge in [-0.05, 0) is 77.4 Å². The Morgan fingerprint density at radius 2 is 0.863 bits per heavy atom. The van der Waals surface area contributed by atoms with Crippen LogP contribution in [0, 0.1) is 0 Å². The molecule has 2 heterocycles. The number of hydrogen-bond donors (Lipinski definition) is 12. The van der Waals surface area contributed by atoms with E-state index >= 15 is 9.59 Å². The average Bonchev–Trinajstić information content (AvgIpc) is 4.08. The van der Waals surface area contributed by atoms with Crippen LogP contribution >= 0.6 is 11.8 Å². The number of hydrogen-bond acceptors (Lipinski definition) is 11. The van der Waals surface area contributed by atoms with Gasteiger partial charge in [0.15, 0.2) is 0 Å². The Morgan fingerprint density at radius 1 is 0.475 bits per heavy atom. The van der Waals surface area contributed by atoms with Crippen LogP contribution in [0.15, 0.2) is 146 Å². The van der Waals surface area contributed by atoms with E-state index in [1.165, 1.54) is 30.8 Å². The number of carbonyl (C=O) groups is 8. The quantitative estimate of drug-likeness (QED) is 0.0338. The number of para-hydroxylation sites is 2. The van der Waals surface area contributed by atoms with Crippen molar-refractivity contribution in [2.45, 2.75) is 87.7 Å². The van der Waals surface area contributed by atoms with Gasteiger partial charge in [0.25, 0.3) is 0 Å². The molecule has 0 unspecified atom stereocenters. The minimum atomic E-state index is -1.42. The summed E-state index contributed by atoms with van der Waals surface area (Å²) in [4.78, 5) is 118. The molecule has 0 saturated heterocycles. The number of phenols is 1. The summed E-state index contributed by atoms with van der Waals surface area (Å²) in [5, 5.41) is 30.9. The van der Waals surface area contributed by atoms with Gasteiger partial charge >= 0.3 is 0 Å². The molecule has 7 atom stereocenters. The van der Waals surface area contributed by atoms with Crippen LogP contribution < -0.4 is 48.7 Å². The highest BCUT2D eigenvalue weighted by atomic mass is 32.2. The van der Waals surface area contributed by atoms with E-state index in [9.17, 15) is 33.9 Å².